The summed E-state index contributed by atoms with van der Waals surface area (Å²) in [4.78, 5) is 24.8. The third-order valence-corrected chi connectivity index (χ3v) is 3.69. The maximum absolute atomic E-state index is 12.5. The highest BCUT2D eigenvalue weighted by Crippen LogP contribution is 2.19. The van der Waals surface area contributed by atoms with Gasteiger partial charge >= 0.3 is 0 Å². The Balaban J connectivity index is 1.84. The second-order valence-corrected chi connectivity index (χ2v) is 5.52. The van der Waals surface area contributed by atoms with E-state index in [9.17, 15) is 9.59 Å². The number of nitrogens with zero attached hydrogens (tertiary/aromatic N) is 3. The molecule has 25 heavy (non-hydrogen) atoms. The van der Waals surface area contributed by atoms with Gasteiger partial charge < -0.3 is 10.6 Å². The predicted octanol–water partition coefficient (Wildman–Crippen LogP) is 2.78. The van der Waals surface area contributed by atoms with E-state index < -0.39 is 11.8 Å². The van der Waals surface area contributed by atoms with Crippen molar-refractivity contribution >= 4 is 34.8 Å². The molecule has 3 rings (SSSR count). The van der Waals surface area contributed by atoms with Gasteiger partial charge in [-0.25, -0.2) is 0 Å². The largest absolute Gasteiger partial charge is 0.321 e. The van der Waals surface area contributed by atoms with Gasteiger partial charge in [0.1, 0.15) is 5.69 Å². The van der Waals surface area contributed by atoms with Crippen molar-refractivity contribution in [1.82, 2.24) is 20.0 Å². The smallest absolute Gasteiger partial charge is 0.278 e. The van der Waals surface area contributed by atoms with Crippen LogP contribution in [0.3, 0.4) is 0 Å². The zero-order chi connectivity index (χ0) is 17.8. The summed E-state index contributed by atoms with van der Waals surface area (Å²) in [7, 11) is 0. The van der Waals surface area contributed by atoms with E-state index in [1.165, 1.54) is 6.20 Å². The molecule has 1 aromatic carbocycles. The number of para-hydroxylation sites is 1. The van der Waals surface area contributed by atoms with Crippen LogP contribution in [0.1, 0.15) is 27.9 Å². The molecule has 9 heteroatoms. The van der Waals surface area contributed by atoms with Gasteiger partial charge in [-0.3, -0.25) is 19.4 Å². The number of amides is 2. The summed E-state index contributed by atoms with van der Waals surface area (Å²) >= 11 is 5.89. The number of H-pyrrole nitrogens is 1. The van der Waals surface area contributed by atoms with Crippen LogP contribution >= 0.6 is 11.6 Å². The lowest BCUT2D eigenvalue weighted by atomic mass is 10.3. The molecule has 128 valence electrons. The standard InChI is InChI=1S/C16H15ClN6O2/c1-2-23-9-12(20-15(24)13-11(17)8-18-21-13)14(22-23)16(25)19-10-6-4-3-5-7-10/h3-9H,2H2,1H3,(H,18,21)(H,19,25)(H,20,24). The Morgan fingerprint density at radius 3 is 2.60 bits per heavy atom. The molecule has 3 aromatic rings. The van der Waals surface area contributed by atoms with Crippen molar-refractivity contribution in [3.63, 3.8) is 0 Å². The van der Waals surface area contributed by atoms with Crippen molar-refractivity contribution in [1.29, 1.82) is 0 Å². The minimum Gasteiger partial charge on any atom is -0.321 e. The monoisotopic (exact) mass is 358 g/mol. The average Bonchev–Trinajstić information content (AvgIpc) is 3.21. The Labute approximate surface area is 148 Å². The highest BCUT2D eigenvalue weighted by molar-refractivity contribution is 6.34. The SMILES string of the molecule is CCn1cc(NC(=O)c2[nH]ncc2Cl)c(C(=O)Nc2ccccc2)n1. The molecule has 0 saturated heterocycles. The van der Waals surface area contributed by atoms with Gasteiger partial charge in [0.2, 0.25) is 0 Å². The molecule has 2 amide bonds. The van der Waals surface area contributed by atoms with E-state index in [1.807, 2.05) is 25.1 Å². The number of nitrogens with one attached hydrogen (secondary N) is 3. The number of benzene rings is 1. The quantitative estimate of drug-likeness (QED) is 0.652. The molecule has 3 N–H and O–H groups in total. The Morgan fingerprint density at radius 2 is 1.96 bits per heavy atom. The number of rotatable bonds is 5. The Hall–Kier alpha value is -3.13. The van der Waals surface area contributed by atoms with Gasteiger partial charge in [-0.1, -0.05) is 29.8 Å². The number of halogens is 1. The van der Waals surface area contributed by atoms with Gasteiger partial charge in [0, 0.05) is 18.4 Å². The summed E-state index contributed by atoms with van der Waals surface area (Å²) in [6.45, 7) is 2.43. The Morgan fingerprint density at radius 1 is 1.20 bits per heavy atom. The molecule has 0 spiro atoms. The Kier molecular flexibility index (Phi) is 4.80. The molecular weight excluding hydrogens is 344 g/mol. The lowest BCUT2D eigenvalue weighted by Crippen LogP contribution is -2.18. The average molecular weight is 359 g/mol. The molecule has 2 heterocycles. The number of aryl methyl sites for hydroxylation is 1. The van der Waals surface area contributed by atoms with Crippen LogP contribution in [0, 0.1) is 0 Å². The van der Waals surface area contributed by atoms with Gasteiger partial charge in [-0.15, -0.1) is 0 Å². The van der Waals surface area contributed by atoms with E-state index in [0.717, 1.165) is 0 Å². The van der Waals surface area contributed by atoms with Crippen LogP contribution in [0.5, 0.6) is 0 Å². The molecule has 0 unspecified atom stereocenters. The van der Waals surface area contributed by atoms with Crippen molar-refractivity contribution in [2.45, 2.75) is 13.5 Å². The third-order valence-electron chi connectivity index (χ3n) is 3.40. The number of aromatic amines is 1. The van der Waals surface area contributed by atoms with Gasteiger partial charge in [-0.05, 0) is 19.1 Å². The van der Waals surface area contributed by atoms with Crippen LogP contribution in [-0.4, -0.2) is 31.8 Å². The van der Waals surface area contributed by atoms with E-state index >= 15 is 0 Å². The fourth-order valence-electron chi connectivity index (χ4n) is 2.17. The van der Waals surface area contributed by atoms with Crippen molar-refractivity contribution in [3.05, 3.63) is 59.1 Å². The zero-order valence-corrected chi connectivity index (χ0v) is 14.0. The van der Waals surface area contributed by atoms with E-state index in [2.05, 4.69) is 25.9 Å². The van der Waals surface area contributed by atoms with E-state index in [4.69, 9.17) is 11.6 Å². The minimum atomic E-state index is -0.507. The van der Waals surface area contributed by atoms with Crippen molar-refractivity contribution in [2.24, 2.45) is 0 Å². The number of carbonyl (C=O) groups excluding carboxylic acids is 2. The second-order valence-electron chi connectivity index (χ2n) is 5.11. The molecule has 0 aliphatic carbocycles. The molecule has 2 aromatic heterocycles. The van der Waals surface area contributed by atoms with Crippen LogP contribution in [0.25, 0.3) is 0 Å². The van der Waals surface area contributed by atoms with Crippen LogP contribution in [0.4, 0.5) is 11.4 Å². The molecule has 0 radical (unpaired) electrons. The maximum atomic E-state index is 12.5. The van der Waals surface area contributed by atoms with Crippen LogP contribution in [-0.2, 0) is 6.54 Å². The predicted molar refractivity (Wildman–Crippen MR) is 93.8 cm³/mol. The van der Waals surface area contributed by atoms with E-state index in [1.54, 1.807) is 23.0 Å². The van der Waals surface area contributed by atoms with Crippen LogP contribution in [0.15, 0.2) is 42.7 Å². The molecule has 0 bridgehead atoms. The van der Waals surface area contributed by atoms with Gasteiger partial charge in [0.15, 0.2) is 5.69 Å². The zero-order valence-electron chi connectivity index (χ0n) is 13.3. The lowest BCUT2D eigenvalue weighted by molar-refractivity contribution is 0.102. The number of anilines is 2. The molecule has 8 nitrogen and oxygen atoms in total. The topological polar surface area (TPSA) is 105 Å². The summed E-state index contributed by atoms with van der Waals surface area (Å²) in [5.74, 6) is -0.934. The van der Waals surface area contributed by atoms with Crippen LogP contribution in [0.2, 0.25) is 5.02 Å². The lowest BCUT2D eigenvalue weighted by Gasteiger charge is -2.06. The van der Waals surface area contributed by atoms with Crippen molar-refractivity contribution in [2.75, 3.05) is 10.6 Å². The normalized spacial score (nSPS) is 10.5. The fourth-order valence-corrected chi connectivity index (χ4v) is 2.35. The summed E-state index contributed by atoms with van der Waals surface area (Å²) in [6.07, 6.45) is 2.91. The van der Waals surface area contributed by atoms with Gasteiger partial charge in [0.25, 0.3) is 11.8 Å². The first kappa shape index (κ1) is 16.7. The summed E-state index contributed by atoms with van der Waals surface area (Å²) in [5.41, 5.74) is 1.13. The molecule has 0 aliphatic heterocycles. The fraction of sp³-hybridized carbons (Fsp3) is 0.125. The number of aromatic nitrogens is 4. The van der Waals surface area contributed by atoms with Crippen LogP contribution < -0.4 is 10.6 Å². The molecule has 0 aliphatic rings. The van der Waals surface area contributed by atoms with E-state index in [-0.39, 0.29) is 22.1 Å². The number of hydrogen-bond acceptors (Lipinski definition) is 4. The summed E-state index contributed by atoms with van der Waals surface area (Å²) in [6, 6.07) is 8.99. The molecule has 0 saturated carbocycles. The second kappa shape index (κ2) is 7.18. The molecule has 0 fully saturated rings. The first-order valence-corrected chi connectivity index (χ1v) is 7.90. The summed E-state index contributed by atoms with van der Waals surface area (Å²) in [5, 5.41) is 16.0. The Bertz CT molecular complexity index is 903. The first-order chi connectivity index (χ1) is 12.1. The van der Waals surface area contributed by atoms with Crippen molar-refractivity contribution in [3.8, 4) is 0 Å². The van der Waals surface area contributed by atoms with Gasteiger partial charge in [-0.2, -0.15) is 10.2 Å². The third kappa shape index (κ3) is 3.69. The highest BCUT2D eigenvalue weighted by Gasteiger charge is 2.21. The van der Waals surface area contributed by atoms with Gasteiger partial charge in [0.05, 0.1) is 16.9 Å². The first-order valence-electron chi connectivity index (χ1n) is 7.52. The van der Waals surface area contributed by atoms with Crippen molar-refractivity contribution < 1.29 is 9.59 Å². The maximum Gasteiger partial charge on any atom is 0.278 e. The molecular formula is C16H15ClN6O2. The highest BCUT2D eigenvalue weighted by atomic mass is 35.5. The molecule has 0 atom stereocenters. The van der Waals surface area contributed by atoms with E-state index in [0.29, 0.717) is 12.2 Å². The number of hydrogen-bond donors (Lipinski definition) is 3. The summed E-state index contributed by atoms with van der Waals surface area (Å²) < 4.78 is 1.56. The number of carbonyl (C=O) groups is 2. The minimum absolute atomic E-state index is 0.106.